The SMILES string of the molecule is CCC1CCCN1C1CCC(C)NC1. The predicted octanol–water partition coefficient (Wildman–Crippen LogP) is 2.00. The van der Waals surface area contributed by atoms with Crippen LogP contribution < -0.4 is 5.32 Å². The van der Waals surface area contributed by atoms with Crippen molar-refractivity contribution >= 4 is 0 Å². The highest BCUT2D eigenvalue weighted by molar-refractivity contribution is 4.88. The van der Waals surface area contributed by atoms with Crippen LogP contribution in [0.2, 0.25) is 0 Å². The third-order valence-corrected chi connectivity index (χ3v) is 4.00. The van der Waals surface area contributed by atoms with Gasteiger partial charge in [-0.05, 0) is 45.6 Å². The molecule has 0 amide bonds. The topological polar surface area (TPSA) is 15.3 Å². The van der Waals surface area contributed by atoms with E-state index >= 15 is 0 Å². The zero-order valence-electron chi connectivity index (χ0n) is 9.63. The lowest BCUT2D eigenvalue weighted by Gasteiger charge is -2.37. The molecule has 3 atom stereocenters. The summed E-state index contributed by atoms with van der Waals surface area (Å²) in [4.78, 5) is 2.76. The molecule has 2 nitrogen and oxygen atoms in total. The Balaban J connectivity index is 1.88. The molecular formula is C12H24N2. The maximum Gasteiger partial charge on any atom is 0.0224 e. The molecule has 2 aliphatic heterocycles. The summed E-state index contributed by atoms with van der Waals surface area (Å²) in [6, 6.07) is 2.46. The molecule has 82 valence electrons. The summed E-state index contributed by atoms with van der Waals surface area (Å²) in [5.74, 6) is 0. The highest BCUT2D eigenvalue weighted by atomic mass is 15.2. The first-order valence-electron chi connectivity index (χ1n) is 6.30. The molecule has 0 aromatic rings. The monoisotopic (exact) mass is 196 g/mol. The molecule has 2 saturated heterocycles. The second-order valence-corrected chi connectivity index (χ2v) is 4.98. The van der Waals surface area contributed by atoms with Gasteiger partial charge in [0.15, 0.2) is 0 Å². The summed E-state index contributed by atoms with van der Waals surface area (Å²) in [6.07, 6.45) is 6.96. The van der Waals surface area contributed by atoms with Crippen LogP contribution in [0.3, 0.4) is 0 Å². The van der Waals surface area contributed by atoms with E-state index in [2.05, 4.69) is 24.1 Å². The molecule has 3 unspecified atom stereocenters. The fourth-order valence-corrected chi connectivity index (χ4v) is 3.04. The van der Waals surface area contributed by atoms with Gasteiger partial charge in [0.25, 0.3) is 0 Å². The van der Waals surface area contributed by atoms with Gasteiger partial charge in [-0.2, -0.15) is 0 Å². The normalized spacial score (nSPS) is 40.3. The Labute approximate surface area is 88.1 Å². The zero-order chi connectivity index (χ0) is 9.97. The predicted molar refractivity (Wildman–Crippen MR) is 60.5 cm³/mol. The van der Waals surface area contributed by atoms with Crippen molar-refractivity contribution < 1.29 is 0 Å². The molecule has 2 heterocycles. The second-order valence-electron chi connectivity index (χ2n) is 4.98. The van der Waals surface area contributed by atoms with Gasteiger partial charge in [0.05, 0.1) is 0 Å². The van der Waals surface area contributed by atoms with Crippen LogP contribution in [0.1, 0.15) is 46.0 Å². The van der Waals surface area contributed by atoms with Crippen LogP contribution >= 0.6 is 0 Å². The Bertz CT molecular complexity index is 173. The Morgan fingerprint density at radius 1 is 1.29 bits per heavy atom. The van der Waals surface area contributed by atoms with Gasteiger partial charge in [0, 0.05) is 24.7 Å². The smallest absolute Gasteiger partial charge is 0.0224 e. The van der Waals surface area contributed by atoms with E-state index in [1.54, 1.807) is 0 Å². The first kappa shape index (κ1) is 10.4. The summed E-state index contributed by atoms with van der Waals surface area (Å²) < 4.78 is 0. The average molecular weight is 196 g/mol. The van der Waals surface area contributed by atoms with E-state index in [0.29, 0.717) is 0 Å². The first-order chi connectivity index (χ1) is 6.81. The highest BCUT2D eigenvalue weighted by Crippen LogP contribution is 2.25. The molecule has 0 aromatic heterocycles. The van der Waals surface area contributed by atoms with Crippen molar-refractivity contribution in [1.29, 1.82) is 0 Å². The van der Waals surface area contributed by atoms with Crippen molar-refractivity contribution in [2.75, 3.05) is 13.1 Å². The van der Waals surface area contributed by atoms with Crippen molar-refractivity contribution in [3.8, 4) is 0 Å². The first-order valence-corrected chi connectivity index (χ1v) is 6.30. The Morgan fingerprint density at radius 2 is 2.14 bits per heavy atom. The molecule has 0 radical (unpaired) electrons. The molecule has 0 bridgehead atoms. The van der Waals surface area contributed by atoms with Gasteiger partial charge in [0.1, 0.15) is 0 Å². The quantitative estimate of drug-likeness (QED) is 0.726. The fourth-order valence-electron chi connectivity index (χ4n) is 3.04. The van der Waals surface area contributed by atoms with Crippen molar-refractivity contribution in [3.63, 3.8) is 0 Å². The maximum atomic E-state index is 3.61. The largest absolute Gasteiger partial charge is 0.313 e. The number of hydrogen-bond acceptors (Lipinski definition) is 2. The molecule has 0 spiro atoms. The van der Waals surface area contributed by atoms with Gasteiger partial charge >= 0.3 is 0 Å². The lowest BCUT2D eigenvalue weighted by atomic mass is 9.99. The standard InChI is InChI=1S/C12H24N2/c1-3-11-5-4-8-14(11)12-7-6-10(2)13-9-12/h10-13H,3-9H2,1-2H3. The van der Waals surface area contributed by atoms with Crippen molar-refractivity contribution in [2.45, 2.75) is 64.1 Å². The molecule has 0 aromatic carbocycles. The lowest BCUT2D eigenvalue weighted by Crippen LogP contribution is -2.50. The number of rotatable bonds is 2. The van der Waals surface area contributed by atoms with Crippen LogP contribution in [0.5, 0.6) is 0 Å². The van der Waals surface area contributed by atoms with Crippen LogP contribution in [0.4, 0.5) is 0 Å². The fraction of sp³-hybridized carbons (Fsp3) is 1.00. The van der Waals surface area contributed by atoms with Crippen molar-refractivity contribution in [1.82, 2.24) is 10.2 Å². The molecule has 2 aliphatic rings. The van der Waals surface area contributed by atoms with E-state index in [1.165, 1.54) is 45.2 Å². The van der Waals surface area contributed by atoms with Crippen LogP contribution in [0.25, 0.3) is 0 Å². The van der Waals surface area contributed by atoms with Gasteiger partial charge in [-0.15, -0.1) is 0 Å². The molecular weight excluding hydrogens is 172 g/mol. The Hall–Kier alpha value is -0.0800. The molecule has 0 aliphatic carbocycles. The van der Waals surface area contributed by atoms with Crippen molar-refractivity contribution in [3.05, 3.63) is 0 Å². The number of nitrogens with one attached hydrogen (secondary N) is 1. The second kappa shape index (κ2) is 4.63. The summed E-state index contributed by atoms with van der Waals surface area (Å²) in [6.45, 7) is 7.20. The Kier molecular flexibility index (Phi) is 3.45. The van der Waals surface area contributed by atoms with Crippen LogP contribution in [0.15, 0.2) is 0 Å². The van der Waals surface area contributed by atoms with E-state index in [1.807, 2.05) is 0 Å². The summed E-state index contributed by atoms with van der Waals surface area (Å²) in [7, 11) is 0. The molecule has 2 fully saturated rings. The van der Waals surface area contributed by atoms with Gasteiger partial charge in [-0.25, -0.2) is 0 Å². The minimum Gasteiger partial charge on any atom is -0.313 e. The highest BCUT2D eigenvalue weighted by Gasteiger charge is 2.31. The third-order valence-electron chi connectivity index (χ3n) is 4.00. The number of piperidine rings is 1. The van der Waals surface area contributed by atoms with Gasteiger partial charge in [-0.3, -0.25) is 4.90 Å². The minimum absolute atomic E-state index is 0.744. The van der Waals surface area contributed by atoms with E-state index in [-0.39, 0.29) is 0 Å². The minimum atomic E-state index is 0.744. The van der Waals surface area contributed by atoms with Crippen LogP contribution in [0, 0.1) is 0 Å². The van der Waals surface area contributed by atoms with E-state index in [0.717, 1.165) is 18.1 Å². The zero-order valence-corrected chi connectivity index (χ0v) is 9.63. The summed E-state index contributed by atoms with van der Waals surface area (Å²) in [5.41, 5.74) is 0. The summed E-state index contributed by atoms with van der Waals surface area (Å²) >= 11 is 0. The lowest BCUT2D eigenvalue weighted by molar-refractivity contribution is 0.138. The molecule has 1 N–H and O–H groups in total. The number of nitrogens with zero attached hydrogens (tertiary/aromatic N) is 1. The van der Waals surface area contributed by atoms with Gasteiger partial charge in [-0.1, -0.05) is 6.92 Å². The van der Waals surface area contributed by atoms with Crippen LogP contribution in [-0.2, 0) is 0 Å². The number of hydrogen-bond donors (Lipinski definition) is 1. The van der Waals surface area contributed by atoms with E-state index in [9.17, 15) is 0 Å². The maximum absolute atomic E-state index is 3.61. The molecule has 14 heavy (non-hydrogen) atoms. The number of likely N-dealkylation sites (tertiary alicyclic amines) is 1. The van der Waals surface area contributed by atoms with Crippen molar-refractivity contribution in [2.24, 2.45) is 0 Å². The molecule has 0 saturated carbocycles. The molecule has 2 heteroatoms. The van der Waals surface area contributed by atoms with Crippen LogP contribution in [-0.4, -0.2) is 36.1 Å². The Morgan fingerprint density at radius 3 is 2.79 bits per heavy atom. The average Bonchev–Trinajstić information content (AvgIpc) is 2.67. The van der Waals surface area contributed by atoms with Gasteiger partial charge < -0.3 is 5.32 Å². The summed E-state index contributed by atoms with van der Waals surface area (Å²) in [5, 5.41) is 3.61. The third kappa shape index (κ3) is 2.12. The van der Waals surface area contributed by atoms with E-state index in [4.69, 9.17) is 0 Å². The van der Waals surface area contributed by atoms with Gasteiger partial charge in [0.2, 0.25) is 0 Å². The van der Waals surface area contributed by atoms with E-state index < -0.39 is 0 Å². The molecule has 2 rings (SSSR count).